The van der Waals surface area contributed by atoms with Gasteiger partial charge >= 0.3 is 0 Å². The number of aromatic hydroxyl groups is 2. The van der Waals surface area contributed by atoms with Crippen molar-refractivity contribution < 1.29 is 10.2 Å². The molecule has 0 fully saturated rings. The fourth-order valence-electron chi connectivity index (χ4n) is 2.18. The van der Waals surface area contributed by atoms with Gasteiger partial charge in [-0.1, -0.05) is 18.2 Å². The lowest BCUT2D eigenvalue weighted by Crippen LogP contribution is -1.88. The van der Waals surface area contributed by atoms with Crippen molar-refractivity contribution in [3.63, 3.8) is 0 Å². The van der Waals surface area contributed by atoms with Crippen LogP contribution in [0.4, 0.5) is 0 Å². The second-order valence-corrected chi connectivity index (χ2v) is 4.55. The SMILES string of the molecule is Cc1cc(-c2ccc(O)c(O)c2)nc2ccccc12. The van der Waals surface area contributed by atoms with Crippen LogP contribution in [0.15, 0.2) is 48.5 Å². The van der Waals surface area contributed by atoms with Crippen LogP contribution in [0.1, 0.15) is 5.56 Å². The van der Waals surface area contributed by atoms with Gasteiger partial charge in [-0.3, -0.25) is 0 Å². The van der Waals surface area contributed by atoms with Crippen LogP contribution in [-0.2, 0) is 0 Å². The highest BCUT2D eigenvalue weighted by atomic mass is 16.3. The Morgan fingerprint density at radius 2 is 1.68 bits per heavy atom. The lowest BCUT2D eigenvalue weighted by molar-refractivity contribution is 0.404. The first-order chi connectivity index (χ1) is 9.15. The van der Waals surface area contributed by atoms with Crippen LogP contribution in [0, 0.1) is 6.92 Å². The summed E-state index contributed by atoms with van der Waals surface area (Å²) in [5.74, 6) is -0.258. The molecule has 0 amide bonds. The van der Waals surface area contributed by atoms with E-state index in [0.29, 0.717) is 0 Å². The van der Waals surface area contributed by atoms with Gasteiger partial charge in [-0.2, -0.15) is 0 Å². The zero-order valence-corrected chi connectivity index (χ0v) is 10.5. The molecule has 3 heteroatoms. The Morgan fingerprint density at radius 3 is 2.47 bits per heavy atom. The van der Waals surface area contributed by atoms with Gasteiger partial charge in [0.2, 0.25) is 0 Å². The second kappa shape index (κ2) is 4.28. The van der Waals surface area contributed by atoms with E-state index in [1.54, 1.807) is 6.07 Å². The molecule has 0 bridgehead atoms. The number of benzene rings is 2. The largest absolute Gasteiger partial charge is 0.504 e. The number of phenols is 2. The van der Waals surface area contributed by atoms with Crippen LogP contribution in [-0.4, -0.2) is 15.2 Å². The van der Waals surface area contributed by atoms with Crippen molar-refractivity contribution in [2.75, 3.05) is 0 Å². The number of fused-ring (bicyclic) bond motifs is 1. The fourth-order valence-corrected chi connectivity index (χ4v) is 2.18. The molecule has 2 aromatic carbocycles. The minimum absolute atomic E-state index is 0.124. The normalized spacial score (nSPS) is 10.8. The smallest absolute Gasteiger partial charge is 0.158 e. The molecule has 94 valence electrons. The molecule has 1 heterocycles. The first-order valence-electron chi connectivity index (χ1n) is 6.04. The molecular formula is C16H13NO2. The van der Waals surface area contributed by atoms with Crippen molar-refractivity contribution >= 4 is 10.9 Å². The van der Waals surface area contributed by atoms with Crippen molar-refractivity contribution in [1.29, 1.82) is 0 Å². The predicted octanol–water partition coefficient (Wildman–Crippen LogP) is 3.62. The molecule has 0 aliphatic rings. The Hall–Kier alpha value is -2.55. The Labute approximate surface area is 110 Å². The highest BCUT2D eigenvalue weighted by Crippen LogP contribution is 2.31. The van der Waals surface area contributed by atoms with Gasteiger partial charge in [0.25, 0.3) is 0 Å². The van der Waals surface area contributed by atoms with Crippen LogP contribution in [0.3, 0.4) is 0 Å². The summed E-state index contributed by atoms with van der Waals surface area (Å²) in [6.07, 6.45) is 0. The number of rotatable bonds is 1. The van der Waals surface area contributed by atoms with Gasteiger partial charge in [-0.05, 0) is 42.8 Å². The first-order valence-corrected chi connectivity index (χ1v) is 6.04. The summed E-state index contributed by atoms with van der Waals surface area (Å²) in [5, 5.41) is 20.0. The molecule has 0 saturated carbocycles. The molecular weight excluding hydrogens is 238 g/mol. The van der Waals surface area contributed by atoms with Crippen LogP contribution in [0.25, 0.3) is 22.2 Å². The molecule has 3 nitrogen and oxygen atoms in total. The van der Waals surface area contributed by atoms with Gasteiger partial charge in [-0.15, -0.1) is 0 Å². The van der Waals surface area contributed by atoms with E-state index >= 15 is 0 Å². The summed E-state index contributed by atoms with van der Waals surface area (Å²) >= 11 is 0. The maximum absolute atomic E-state index is 9.57. The van der Waals surface area contributed by atoms with Gasteiger partial charge in [0.05, 0.1) is 11.2 Å². The topological polar surface area (TPSA) is 53.4 Å². The zero-order valence-electron chi connectivity index (χ0n) is 10.5. The van der Waals surface area contributed by atoms with E-state index in [1.165, 1.54) is 12.1 Å². The van der Waals surface area contributed by atoms with Crippen molar-refractivity contribution in [2.24, 2.45) is 0 Å². The molecule has 0 aliphatic heterocycles. The molecule has 0 spiro atoms. The predicted molar refractivity (Wildman–Crippen MR) is 75.2 cm³/mol. The Balaban J connectivity index is 2.22. The van der Waals surface area contributed by atoms with Gasteiger partial charge in [0.1, 0.15) is 0 Å². The monoisotopic (exact) mass is 251 g/mol. The van der Waals surface area contributed by atoms with Gasteiger partial charge in [0.15, 0.2) is 11.5 Å². The highest BCUT2D eigenvalue weighted by Gasteiger charge is 2.07. The third-order valence-electron chi connectivity index (χ3n) is 3.19. The summed E-state index contributed by atoms with van der Waals surface area (Å²) in [6.45, 7) is 2.04. The van der Waals surface area contributed by atoms with Crippen LogP contribution in [0.5, 0.6) is 11.5 Å². The summed E-state index contributed by atoms with van der Waals surface area (Å²) in [4.78, 5) is 4.58. The highest BCUT2D eigenvalue weighted by molar-refractivity contribution is 5.85. The lowest BCUT2D eigenvalue weighted by Gasteiger charge is -2.07. The maximum Gasteiger partial charge on any atom is 0.158 e. The number of aromatic nitrogens is 1. The van der Waals surface area contributed by atoms with Crippen molar-refractivity contribution in [3.8, 4) is 22.8 Å². The average molecular weight is 251 g/mol. The number of pyridine rings is 1. The molecule has 0 saturated heterocycles. The zero-order chi connectivity index (χ0) is 13.4. The maximum atomic E-state index is 9.57. The van der Waals surface area contributed by atoms with Crippen molar-refractivity contribution in [1.82, 2.24) is 4.98 Å². The molecule has 0 atom stereocenters. The average Bonchev–Trinajstić information content (AvgIpc) is 2.42. The van der Waals surface area contributed by atoms with Crippen LogP contribution in [0.2, 0.25) is 0 Å². The Bertz CT molecular complexity index is 766. The molecule has 0 unspecified atom stereocenters. The Kier molecular flexibility index (Phi) is 2.60. The fraction of sp³-hybridized carbons (Fsp3) is 0.0625. The van der Waals surface area contributed by atoms with E-state index in [2.05, 4.69) is 4.98 Å². The minimum Gasteiger partial charge on any atom is -0.504 e. The number of phenolic OH excluding ortho intramolecular Hbond substituents is 2. The molecule has 0 aliphatic carbocycles. The third kappa shape index (κ3) is 1.99. The molecule has 2 N–H and O–H groups in total. The van der Waals surface area contributed by atoms with E-state index in [9.17, 15) is 10.2 Å². The standard InChI is InChI=1S/C16H13NO2/c1-10-8-14(11-6-7-15(18)16(19)9-11)17-13-5-3-2-4-12(10)13/h2-9,18-19H,1H3. The number of nitrogens with zero attached hydrogens (tertiary/aromatic N) is 1. The van der Waals surface area contributed by atoms with Crippen molar-refractivity contribution in [3.05, 3.63) is 54.1 Å². The number of hydrogen-bond acceptors (Lipinski definition) is 3. The minimum atomic E-state index is -0.134. The van der Waals surface area contributed by atoms with E-state index in [1.807, 2.05) is 37.3 Å². The quantitative estimate of drug-likeness (QED) is 0.649. The van der Waals surface area contributed by atoms with Gasteiger partial charge < -0.3 is 10.2 Å². The van der Waals surface area contributed by atoms with Crippen LogP contribution >= 0.6 is 0 Å². The van der Waals surface area contributed by atoms with E-state index in [4.69, 9.17) is 0 Å². The number of para-hydroxylation sites is 1. The van der Waals surface area contributed by atoms with E-state index in [0.717, 1.165) is 27.7 Å². The number of aryl methyl sites for hydroxylation is 1. The summed E-state index contributed by atoms with van der Waals surface area (Å²) in [7, 11) is 0. The van der Waals surface area contributed by atoms with Crippen molar-refractivity contribution in [2.45, 2.75) is 6.92 Å². The molecule has 3 rings (SSSR count). The number of hydrogen-bond donors (Lipinski definition) is 2. The summed E-state index contributed by atoms with van der Waals surface area (Å²) in [6, 6.07) is 14.7. The molecule has 0 radical (unpaired) electrons. The molecule has 19 heavy (non-hydrogen) atoms. The molecule has 3 aromatic rings. The van der Waals surface area contributed by atoms with Gasteiger partial charge in [0, 0.05) is 10.9 Å². The first kappa shape index (κ1) is 11.5. The second-order valence-electron chi connectivity index (χ2n) is 4.55. The summed E-state index contributed by atoms with van der Waals surface area (Å²) < 4.78 is 0. The summed E-state index contributed by atoms with van der Waals surface area (Å²) in [5.41, 5.74) is 3.62. The Morgan fingerprint density at radius 1 is 0.895 bits per heavy atom. The molecule has 1 aromatic heterocycles. The lowest BCUT2D eigenvalue weighted by atomic mass is 10.0. The van der Waals surface area contributed by atoms with Crippen LogP contribution < -0.4 is 0 Å². The van der Waals surface area contributed by atoms with E-state index in [-0.39, 0.29) is 11.5 Å². The van der Waals surface area contributed by atoms with E-state index < -0.39 is 0 Å². The van der Waals surface area contributed by atoms with Gasteiger partial charge in [-0.25, -0.2) is 4.98 Å². The third-order valence-corrected chi connectivity index (χ3v) is 3.19.